The molecule has 1 aliphatic rings. The van der Waals surface area contributed by atoms with Crippen molar-refractivity contribution in [1.82, 2.24) is 9.80 Å². The molecule has 0 aliphatic carbocycles. The molecule has 0 spiro atoms. The van der Waals surface area contributed by atoms with Gasteiger partial charge in [-0.3, -0.25) is 0 Å². The van der Waals surface area contributed by atoms with Crippen LogP contribution in [0.3, 0.4) is 0 Å². The van der Waals surface area contributed by atoms with Crippen molar-refractivity contribution in [1.29, 1.82) is 0 Å². The Bertz CT molecular complexity index is 192. The van der Waals surface area contributed by atoms with Gasteiger partial charge in [-0.15, -0.1) is 0 Å². The molecule has 102 valence electrons. The van der Waals surface area contributed by atoms with E-state index in [2.05, 4.69) is 30.6 Å². The van der Waals surface area contributed by atoms with Crippen LogP contribution in [0.5, 0.6) is 0 Å². The average Bonchev–Trinajstić information content (AvgIpc) is 2.39. The van der Waals surface area contributed by atoms with Crippen molar-refractivity contribution >= 4 is 0 Å². The molecule has 0 saturated carbocycles. The van der Waals surface area contributed by atoms with Crippen molar-refractivity contribution in [3.8, 4) is 0 Å². The van der Waals surface area contributed by atoms with Gasteiger partial charge < -0.3 is 15.5 Å². The van der Waals surface area contributed by atoms with E-state index in [0.29, 0.717) is 0 Å². The first-order valence-electron chi connectivity index (χ1n) is 7.39. The van der Waals surface area contributed by atoms with Crippen molar-refractivity contribution in [2.45, 2.75) is 33.6 Å². The van der Waals surface area contributed by atoms with Crippen molar-refractivity contribution in [2.75, 3.05) is 45.8 Å². The van der Waals surface area contributed by atoms with Crippen LogP contribution in [-0.4, -0.2) is 55.6 Å². The van der Waals surface area contributed by atoms with Gasteiger partial charge in [0.25, 0.3) is 0 Å². The number of hydrogen-bond acceptors (Lipinski definition) is 3. The molecule has 0 bridgehead atoms. The summed E-state index contributed by atoms with van der Waals surface area (Å²) in [5.74, 6) is 1.59. The van der Waals surface area contributed by atoms with Gasteiger partial charge in [0.1, 0.15) is 0 Å². The predicted octanol–water partition coefficient (Wildman–Crippen LogP) is 1.64. The minimum Gasteiger partial charge on any atom is -0.330 e. The van der Waals surface area contributed by atoms with E-state index in [1.165, 1.54) is 52.1 Å². The van der Waals surface area contributed by atoms with E-state index in [1.807, 2.05) is 0 Å². The molecule has 3 heteroatoms. The zero-order chi connectivity index (χ0) is 12.7. The monoisotopic (exact) mass is 241 g/mol. The van der Waals surface area contributed by atoms with E-state index in [1.54, 1.807) is 0 Å². The second-order valence-corrected chi connectivity index (χ2v) is 5.28. The molecule has 2 N–H and O–H groups in total. The summed E-state index contributed by atoms with van der Waals surface area (Å²) >= 11 is 0. The van der Waals surface area contributed by atoms with Crippen LogP contribution in [-0.2, 0) is 0 Å². The zero-order valence-electron chi connectivity index (χ0n) is 12.0. The van der Waals surface area contributed by atoms with Crippen LogP contribution in [0.25, 0.3) is 0 Å². The molecular weight excluding hydrogens is 210 g/mol. The topological polar surface area (TPSA) is 32.5 Å². The standard InChI is InChI=1S/C14H31N3/c1-4-13-12-17(8-7-14(13)11-15)10-9-16(5-2)6-3/h13-14H,4-12,15H2,1-3H3. The normalized spacial score (nSPS) is 26.6. The lowest BCUT2D eigenvalue weighted by molar-refractivity contribution is 0.108. The number of piperidine rings is 1. The Hall–Kier alpha value is -0.120. The van der Waals surface area contributed by atoms with Gasteiger partial charge in [-0.1, -0.05) is 27.2 Å². The van der Waals surface area contributed by atoms with Gasteiger partial charge in [-0.2, -0.15) is 0 Å². The third-order valence-corrected chi connectivity index (χ3v) is 4.43. The van der Waals surface area contributed by atoms with E-state index in [9.17, 15) is 0 Å². The summed E-state index contributed by atoms with van der Waals surface area (Å²) in [6, 6.07) is 0. The first-order valence-corrected chi connectivity index (χ1v) is 7.39. The minimum absolute atomic E-state index is 0.768. The van der Waals surface area contributed by atoms with Gasteiger partial charge in [0.2, 0.25) is 0 Å². The third-order valence-electron chi connectivity index (χ3n) is 4.43. The molecule has 1 rings (SSSR count). The van der Waals surface area contributed by atoms with Gasteiger partial charge >= 0.3 is 0 Å². The van der Waals surface area contributed by atoms with E-state index in [-0.39, 0.29) is 0 Å². The maximum atomic E-state index is 5.85. The first kappa shape index (κ1) is 14.9. The van der Waals surface area contributed by atoms with Gasteiger partial charge in [0, 0.05) is 19.6 Å². The molecule has 0 aromatic carbocycles. The third kappa shape index (κ3) is 4.57. The number of rotatable bonds is 7. The molecule has 0 radical (unpaired) electrons. The first-order chi connectivity index (χ1) is 8.24. The fourth-order valence-corrected chi connectivity index (χ4v) is 2.95. The predicted molar refractivity (Wildman–Crippen MR) is 75.2 cm³/mol. The molecule has 1 heterocycles. The van der Waals surface area contributed by atoms with Crippen LogP contribution in [0.4, 0.5) is 0 Å². The largest absolute Gasteiger partial charge is 0.330 e. The maximum absolute atomic E-state index is 5.85. The Morgan fingerprint density at radius 1 is 1.18 bits per heavy atom. The van der Waals surface area contributed by atoms with Crippen LogP contribution >= 0.6 is 0 Å². The summed E-state index contributed by atoms with van der Waals surface area (Å²) in [6.07, 6.45) is 2.58. The van der Waals surface area contributed by atoms with Crippen LogP contribution < -0.4 is 5.73 Å². The highest BCUT2D eigenvalue weighted by molar-refractivity contribution is 4.80. The summed E-state index contributed by atoms with van der Waals surface area (Å²) in [7, 11) is 0. The van der Waals surface area contributed by atoms with Crippen molar-refractivity contribution < 1.29 is 0 Å². The van der Waals surface area contributed by atoms with Gasteiger partial charge in [0.05, 0.1) is 0 Å². The number of nitrogens with two attached hydrogens (primary N) is 1. The van der Waals surface area contributed by atoms with Crippen LogP contribution in [0.2, 0.25) is 0 Å². The van der Waals surface area contributed by atoms with Gasteiger partial charge in [-0.05, 0) is 44.4 Å². The van der Waals surface area contributed by atoms with E-state index >= 15 is 0 Å². The molecule has 1 fully saturated rings. The highest BCUT2D eigenvalue weighted by Gasteiger charge is 2.26. The maximum Gasteiger partial charge on any atom is 0.0109 e. The minimum atomic E-state index is 0.768. The molecule has 3 nitrogen and oxygen atoms in total. The van der Waals surface area contributed by atoms with Crippen LogP contribution in [0.15, 0.2) is 0 Å². The smallest absolute Gasteiger partial charge is 0.0109 e. The molecule has 17 heavy (non-hydrogen) atoms. The second kappa shape index (κ2) is 8.06. The van der Waals surface area contributed by atoms with Crippen molar-refractivity contribution in [3.63, 3.8) is 0 Å². The average molecular weight is 241 g/mol. The number of likely N-dealkylation sites (tertiary alicyclic amines) is 1. The Morgan fingerprint density at radius 2 is 1.88 bits per heavy atom. The lowest BCUT2D eigenvalue weighted by Gasteiger charge is -2.38. The lowest BCUT2D eigenvalue weighted by atomic mass is 9.84. The molecule has 0 aromatic rings. The van der Waals surface area contributed by atoms with E-state index in [4.69, 9.17) is 5.73 Å². The number of nitrogens with zero attached hydrogens (tertiary/aromatic N) is 2. The SMILES string of the molecule is CCC1CN(CCN(CC)CC)CCC1CN. The number of likely N-dealkylation sites (N-methyl/N-ethyl adjacent to an activating group) is 1. The fourth-order valence-electron chi connectivity index (χ4n) is 2.95. The van der Waals surface area contributed by atoms with Crippen molar-refractivity contribution in [2.24, 2.45) is 17.6 Å². The van der Waals surface area contributed by atoms with Gasteiger partial charge in [-0.25, -0.2) is 0 Å². The Labute approximate surface area is 107 Å². The zero-order valence-corrected chi connectivity index (χ0v) is 12.0. The molecule has 1 aliphatic heterocycles. The molecule has 2 atom stereocenters. The van der Waals surface area contributed by atoms with Crippen LogP contribution in [0, 0.1) is 11.8 Å². The summed E-state index contributed by atoms with van der Waals surface area (Å²) in [5, 5.41) is 0. The quantitative estimate of drug-likeness (QED) is 0.735. The van der Waals surface area contributed by atoms with E-state index in [0.717, 1.165) is 18.4 Å². The molecular formula is C14H31N3. The molecule has 0 aromatic heterocycles. The van der Waals surface area contributed by atoms with Crippen molar-refractivity contribution in [3.05, 3.63) is 0 Å². The Morgan fingerprint density at radius 3 is 2.41 bits per heavy atom. The summed E-state index contributed by atoms with van der Waals surface area (Å²) < 4.78 is 0. The summed E-state index contributed by atoms with van der Waals surface area (Å²) in [4.78, 5) is 5.15. The highest BCUT2D eigenvalue weighted by atomic mass is 15.2. The summed E-state index contributed by atoms with van der Waals surface area (Å²) in [5.41, 5.74) is 5.85. The highest BCUT2D eigenvalue weighted by Crippen LogP contribution is 2.25. The molecule has 1 saturated heterocycles. The lowest BCUT2D eigenvalue weighted by Crippen LogP contribution is -2.45. The molecule has 2 unspecified atom stereocenters. The van der Waals surface area contributed by atoms with Crippen LogP contribution in [0.1, 0.15) is 33.6 Å². The summed E-state index contributed by atoms with van der Waals surface area (Å²) in [6.45, 7) is 15.0. The van der Waals surface area contributed by atoms with Gasteiger partial charge in [0.15, 0.2) is 0 Å². The number of hydrogen-bond donors (Lipinski definition) is 1. The Kier molecular flexibility index (Phi) is 7.09. The second-order valence-electron chi connectivity index (χ2n) is 5.28. The molecule has 0 amide bonds. The Balaban J connectivity index is 2.31. The van der Waals surface area contributed by atoms with E-state index < -0.39 is 0 Å². The fraction of sp³-hybridized carbons (Fsp3) is 1.00.